The molecule has 0 atom stereocenters. The van der Waals surface area contributed by atoms with Crippen LogP contribution >= 0.6 is 0 Å². The molecule has 0 spiro atoms. The van der Waals surface area contributed by atoms with Crippen LogP contribution in [0.2, 0.25) is 0 Å². The van der Waals surface area contributed by atoms with E-state index in [0.717, 1.165) is 0 Å². The Morgan fingerprint density at radius 1 is 1.40 bits per heavy atom. The molecule has 0 aliphatic carbocycles. The largest absolute Gasteiger partial charge is 0.390 e. The lowest BCUT2D eigenvalue weighted by Crippen LogP contribution is -1.83. The van der Waals surface area contributed by atoms with Crippen LogP contribution < -0.4 is 0 Å². The summed E-state index contributed by atoms with van der Waals surface area (Å²) >= 11 is 0. The van der Waals surface area contributed by atoms with Crippen LogP contribution in [0.1, 0.15) is 11.3 Å². The third-order valence-corrected chi connectivity index (χ3v) is 2.18. The minimum Gasteiger partial charge on any atom is -0.390 e. The van der Waals surface area contributed by atoms with Crippen LogP contribution in [0.25, 0.3) is 11.3 Å². The van der Waals surface area contributed by atoms with Gasteiger partial charge in [0.2, 0.25) is 0 Å². The number of aliphatic hydroxyl groups is 1. The van der Waals surface area contributed by atoms with Gasteiger partial charge < -0.3 is 9.63 Å². The van der Waals surface area contributed by atoms with E-state index in [9.17, 15) is 4.39 Å². The van der Waals surface area contributed by atoms with Gasteiger partial charge in [0, 0.05) is 11.6 Å². The summed E-state index contributed by atoms with van der Waals surface area (Å²) in [4.78, 5) is 0. The fourth-order valence-electron chi connectivity index (χ4n) is 1.27. The van der Waals surface area contributed by atoms with Crippen LogP contribution in [0.3, 0.4) is 0 Å². The highest BCUT2D eigenvalue weighted by Gasteiger charge is 2.07. The number of hydrogen-bond donors (Lipinski definition) is 1. The van der Waals surface area contributed by atoms with E-state index in [4.69, 9.17) is 9.63 Å². The number of rotatable bonds is 2. The maximum atomic E-state index is 13.2. The van der Waals surface area contributed by atoms with Gasteiger partial charge in [-0.15, -0.1) is 0 Å². The van der Waals surface area contributed by atoms with Gasteiger partial charge in [0.05, 0.1) is 6.61 Å². The molecule has 15 heavy (non-hydrogen) atoms. The zero-order valence-electron chi connectivity index (χ0n) is 8.20. The SMILES string of the molecule is Cc1ccc(-c2cc(CO)no2)cc1F. The Kier molecular flexibility index (Phi) is 2.51. The first-order valence-corrected chi connectivity index (χ1v) is 4.53. The Morgan fingerprint density at radius 2 is 2.20 bits per heavy atom. The molecule has 0 saturated carbocycles. The predicted octanol–water partition coefficient (Wildman–Crippen LogP) is 2.28. The number of aromatic nitrogens is 1. The van der Waals surface area contributed by atoms with Gasteiger partial charge in [0.1, 0.15) is 11.5 Å². The van der Waals surface area contributed by atoms with E-state index in [1.54, 1.807) is 25.1 Å². The monoisotopic (exact) mass is 207 g/mol. The second-order valence-corrected chi connectivity index (χ2v) is 3.30. The highest BCUT2D eigenvalue weighted by atomic mass is 19.1. The summed E-state index contributed by atoms with van der Waals surface area (Å²) in [7, 11) is 0. The van der Waals surface area contributed by atoms with Gasteiger partial charge in [-0.05, 0) is 18.6 Å². The Labute approximate surface area is 86.1 Å². The average molecular weight is 207 g/mol. The molecular weight excluding hydrogens is 197 g/mol. The van der Waals surface area contributed by atoms with Crippen molar-refractivity contribution >= 4 is 0 Å². The molecule has 4 heteroatoms. The smallest absolute Gasteiger partial charge is 0.167 e. The summed E-state index contributed by atoms with van der Waals surface area (Å²) in [6.07, 6.45) is 0. The minimum atomic E-state index is -0.283. The molecule has 0 aliphatic heterocycles. The maximum absolute atomic E-state index is 13.2. The summed E-state index contributed by atoms with van der Waals surface area (Å²) in [6, 6.07) is 6.40. The molecule has 1 aromatic heterocycles. The van der Waals surface area contributed by atoms with Crippen LogP contribution in [-0.2, 0) is 6.61 Å². The van der Waals surface area contributed by atoms with Gasteiger partial charge >= 0.3 is 0 Å². The predicted molar refractivity (Wildman–Crippen MR) is 52.6 cm³/mol. The summed E-state index contributed by atoms with van der Waals surface area (Å²) in [5.74, 6) is 0.174. The fraction of sp³-hybridized carbons (Fsp3) is 0.182. The lowest BCUT2D eigenvalue weighted by molar-refractivity contribution is 0.267. The van der Waals surface area contributed by atoms with Crippen molar-refractivity contribution in [3.63, 3.8) is 0 Å². The molecule has 0 radical (unpaired) electrons. The van der Waals surface area contributed by atoms with Crippen LogP contribution in [0.5, 0.6) is 0 Å². The van der Waals surface area contributed by atoms with Crippen LogP contribution in [0, 0.1) is 12.7 Å². The molecule has 0 amide bonds. The van der Waals surface area contributed by atoms with E-state index in [1.807, 2.05) is 0 Å². The first-order chi connectivity index (χ1) is 7.20. The average Bonchev–Trinajstić information content (AvgIpc) is 2.70. The molecule has 2 rings (SSSR count). The molecule has 78 valence electrons. The Hall–Kier alpha value is -1.68. The van der Waals surface area contributed by atoms with E-state index in [2.05, 4.69) is 5.16 Å². The van der Waals surface area contributed by atoms with Crippen LogP contribution in [-0.4, -0.2) is 10.3 Å². The quantitative estimate of drug-likeness (QED) is 0.821. The zero-order valence-corrected chi connectivity index (χ0v) is 8.20. The van der Waals surface area contributed by atoms with Gasteiger partial charge in [0.15, 0.2) is 5.76 Å². The minimum absolute atomic E-state index is 0.183. The number of benzene rings is 1. The second-order valence-electron chi connectivity index (χ2n) is 3.30. The van der Waals surface area contributed by atoms with Crippen molar-refractivity contribution in [1.29, 1.82) is 0 Å². The fourth-order valence-corrected chi connectivity index (χ4v) is 1.27. The first-order valence-electron chi connectivity index (χ1n) is 4.53. The standard InChI is InChI=1S/C11H10FNO2/c1-7-2-3-8(4-10(7)12)11-5-9(6-14)13-15-11/h2-5,14H,6H2,1H3. The number of aryl methyl sites for hydroxylation is 1. The third-order valence-electron chi connectivity index (χ3n) is 2.18. The Bertz CT molecular complexity index is 479. The van der Waals surface area contributed by atoms with Crippen molar-refractivity contribution in [1.82, 2.24) is 5.16 Å². The van der Waals surface area contributed by atoms with Crippen molar-refractivity contribution in [3.8, 4) is 11.3 Å². The van der Waals surface area contributed by atoms with E-state index in [-0.39, 0.29) is 12.4 Å². The zero-order chi connectivity index (χ0) is 10.8. The summed E-state index contributed by atoms with van der Waals surface area (Å²) in [5, 5.41) is 12.4. The van der Waals surface area contributed by atoms with Gasteiger partial charge in [-0.25, -0.2) is 4.39 Å². The molecule has 0 bridgehead atoms. The van der Waals surface area contributed by atoms with Gasteiger partial charge in [-0.1, -0.05) is 17.3 Å². The molecule has 1 aromatic carbocycles. The first kappa shape index (κ1) is 9.86. The second kappa shape index (κ2) is 3.82. The highest BCUT2D eigenvalue weighted by Crippen LogP contribution is 2.22. The van der Waals surface area contributed by atoms with E-state index >= 15 is 0 Å². The number of aliphatic hydroxyl groups excluding tert-OH is 1. The summed E-state index contributed by atoms with van der Waals surface area (Å²) in [6.45, 7) is 1.51. The molecule has 1 heterocycles. The number of halogens is 1. The maximum Gasteiger partial charge on any atom is 0.167 e. The molecule has 3 nitrogen and oxygen atoms in total. The number of hydrogen-bond acceptors (Lipinski definition) is 3. The third kappa shape index (κ3) is 1.89. The van der Waals surface area contributed by atoms with Crippen molar-refractivity contribution in [2.45, 2.75) is 13.5 Å². The Balaban J connectivity index is 2.40. The van der Waals surface area contributed by atoms with Gasteiger partial charge in [-0.2, -0.15) is 0 Å². The summed E-state index contributed by atoms with van der Waals surface area (Å²) in [5.41, 5.74) is 1.64. The molecule has 0 fully saturated rings. The van der Waals surface area contributed by atoms with E-state index < -0.39 is 0 Å². The lowest BCUT2D eigenvalue weighted by Gasteiger charge is -1.98. The van der Waals surface area contributed by atoms with Crippen LogP contribution in [0.4, 0.5) is 4.39 Å². The van der Waals surface area contributed by atoms with Crippen molar-refractivity contribution in [2.24, 2.45) is 0 Å². The molecule has 0 aliphatic rings. The molecular formula is C11H10FNO2. The van der Waals surface area contributed by atoms with Crippen molar-refractivity contribution < 1.29 is 14.0 Å². The summed E-state index contributed by atoms with van der Waals surface area (Å²) < 4.78 is 18.2. The topological polar surface area (TPSA) is 46.3 Å². The van der Waals surface area contributed by atoms with Crippen molar-refractivity contribution in [3.05, 3.63) is 41.3 Å². The molecule has 0 saturated heterocycles. The van der Waals surface area contributed by atoms with Gasteiger partial charge in [0.25, 0.3) is 0 Å². The molecule has 2 aromatic rings. The lowest BCUT2D eigenvalue weighted by atomic mass is 10.1. The Morgan fingerprint density at radius 3 is 2.80 bits per heavy atom. The molecule has 0 unspecified atom stereocenters. The highest BCUT2D eigenvalue weighted by molar-refractivity contribution is 5.57. The number of nitrogens with zero attached hydrogens (tertiary/aromatic N) is 1. The van der Waals surface area contributed by atoms with E-state index in [1.165, 1.54) is 6.07 Å². The normalized spacial score (nSPS) is 10.6. The van der Waals surface area contributed by atoms with Crippen LogP contribution in [0.15, 0.2) is 28.8 Å². The van der Waals surface area contributed by atoms with Crippen molar-refractivity contribution in [2.75, 3.05) is 0 Å². The van der Waals surface area contributed by atoms with Gasteiger partial charge in [-0.3, -0.25) is 0 Å². The molecule has 1 N–H and O–H groups in total. The van der Waals surface area contributed by atoms with E-state index in [0.29, 0.717) is 22.6 Å².